The first kappa shape index (κ1) is 15.0. The molecule has 2 rings (SSSR count). The van der Waals surface area contributed by atoms with Gasteiger partial charge in [-0.25, -0.2) is 0 Å². The number of rotatable bonds is 3. The normalized spacial score (nSPS) is 27.4. The molecule has 2 aliphatic rings. The Morgan fingerprint density at radius 1 is 1.25 bits per heavy atom. The number of nitrogens with one attached hydrogen (secondary N) is 2. The molecular formula is C17H25BN2. The first-order valence-corrected chi connectivity index (χ1v) is 7.37. The molecular weight excluding hydrogens is 243 g/mol. The first-order valence-electron chi connectivity index (χ1n) is 7.37. The Morgan fingerprint density at radius 2 is 1.80 bits per heavy atom. The molecule has 20 heavy (non-hydrogen) atoms. The van der Waals surface area contributed by atoms with Crippen molar-refractivity contribution in [3.05, 3.63) is 36.4 Å². The maximum Gasteiger partial charge on any atom is 0.176 e. The minimum absolute atomic E-state index is 0.209. The van der Waals surface area contributed by atoms with Crippen molar-refractivity contribution in [1.29, 1.82) is 10.8 Å². The summed E-state index contributed by atoms with van der Waals surface area (Å²) >= 11 is 0. The highest BCUT2D eigenvalue weighted by Gasteiger charge is 2.48. The maximum absolute atomic E-state index is 7.98. The molecule has 1 heterocycles. The van der Waals surface area contributed by atoms with Crippen LogP contribution in [0.1, 0.15) is 27.7 Å². The fourth-order valence-corrected chi connectivity index (χ4v) is 3.38. The van der Waals surface area contributed by atoms with E-state index < -0.39 is 0 Å². The summed E-state index contributed by atoms with van der Waals surface area (Å²) in [6, 6.07) is 0. The molecule has 0 radical (unpaired) electrons. The molecule has 1 aliphatic heterocycles. The molecule has 0 bridgehead atoms. The van der Waals surface area contributed by atoms with Crippen molar-refractivity contribution in [2.45, 2.75) is 40.3 Å². The van der Waals surface area contributed by atoms with Gasteiger partial charge in [0.2, 0.25) is 0 Å². The van der Waals surface area contributed by atoms with Crippen LogP contribution in [0, 0.1) is 27.6 Å². The molecule has 0 spiro atoms. The number of hydrogen-bond acceptors (Lipinski definition) is 2. The summed E-state index contributed by atoms with van der Waals surface area (Å²) in [6.07, 6.45) is 9.95. The fourth-order valence-electron chi connectivity index (χ4n) is 3.38. The van der Waals surface area contributed by atoms with Crippen molar-refractivity contribution in [1.82, 2.24) is 0 Å². The minimum Gasteiger partial charge on any atom is -0.304 e. The Bertz CT molecular complexity index is 499. The highest BCUT2D eigenvalue weighted by Crippen LogP contribution is 2.54. The van der Waals surface area contributed by atoms with Crippen LogP contribution in [0.15, 0.2) is 36.4 Å². The van der Waals surface area contributed by atoms with Gasteiger partial charge in [-0.1, -0.05) is 64.5 Å². The number of allylic oxidation sites excluding steroid dienone is 5. The average molecular weight is 268 g/mol. The molecule has 1 unspecified atom stereocenters. The van der Waals surface area contributed by atoms with E-state index in [4.69, 9.17) is 10.8 Å². The van der Waals surface area contributed by atoms with Crippen LogP contribution in [0.25, 0.3) is 0 Å². The van der Waals surface area contributed by atoms with Crippen LogP contribution in [0.2, 0.25) is 12.6 Å². The molecule has 1 atom stereocenters. The van der Waals surface area contributed by atoms with Gasteiger partial charge in [0.1, 0.15) is 0 Å². The van der Waals surface area contributed by atoms with Crippen LogP contribution in [-0.4, -0.2) is 18.1 Å². The molecule has 0 amide bonds. The van der Waals surface area contributed by atoms with Crippen molar-refractivity contribution in [3.8, 4) is 0 Å². The zero-order valence-electron chi connectivity index (χ0n) is 13.1. The summed E-state index contributed by atoms with van der Waals surface area (Å²) in [7, 11) is 0. The summed E-state index contributed by atoms with van der Waals surface area (Å²) < 4.78 is 0. The lowest BCUT2D eigenvalue weighted by molar-refractivity contribution is 0.177. The predicted octanol–water partition coefficient (Wildman–Crippen LogP) is 4.42. The predicted molar refractivity (Wildman–Crippen MR) is 89.3 cm³/mol. The lowest BCUT2D eigenvalue weighted by atomic mass is 9.40. The van der Waals surface area contributed by atoms with E-state index in [2.05, 4.69) is 46.4 Å². The Labute approximate surface area is 123 Å². The van der Waals surface area contributed by atoms with Crippen LogP contribution < -0.4 is 0 Å². The second-order valence-electron chi connectivity index (χ2n) is 7.47. The molecule has 3 heteroatoms. The van der Waals surface area contributed by atoms with Gasteiger partial charge in [-0.05, 0) is 23.0 Å². The standard InChI is InChI=1S/C17H25BN2/c1-6-14(19)13-9-12(7-8-15(13)20)18-10-16(2,3)17(4,5)11-18/h6-9,13,19-20H,1,10-11H2,2-5H3. The van der Waals surface area contributed by atoms with E-state index >= 15 is 0 Å². The van der Waals surface area contributed by atoms with Gasteiger partial charge in [-0.3, -0.25) is 0 Å². The van der Waals surface area contributed by atoms with Gasteiger partial charge in [0.25, 0.3) is 0 Å². The van der Waals surface area contributed by atoms with E-state index in [0.29, 0.717) is 29.0 Å². The zero-order chi connectivity index (χ0) is 15.1. The van der Waals surface area contributed by atoms with Crippen LogP contribution in [0.4, 0.5) is 0 Å². The molecule has 2 N–H and O–H groups in total. The van der Waals surface area contributed by atoms with Gasteiger partial charge in [0, 0.05) is 11.4 Å². The molecule has 2 nitrogen and oxygen atoms in total. The van der Waals surface area contributed by atoms with Crippen molar-refractivity contribution < 1.29 is 0 Å². The second-order valence-corrected chi connectivity index (χ2v) is 7.47. The number of hydrogen-bond donors (Lipinski definition) is 2. The quantitative estimate of drug-likeness (QED) is 0.562. The minimum atomic E-state index is -0.209. The maximum atomic E-state index is 7.98. The Hall–Kier alpha value is -1.38. The van der Waals surface area contributed by atoms with Gasteiger partial charge in [-0.15, -0.1) is 0 Å². The molecule has 106 valence electrons. The van der Waals surface area contributed by atoms with Crippen molar-refractivity contribution in [2.24, 2.45) is 16.7 Å². The third-order valence-electron chi connectivity index (χ3n) is 5.52. The van der Waals surface area contributed by atoms with Crippen molar-refractivity contribution >= 4 is 18.1 Å². The van der Waals surface area contributed by atoms with Crippen LogP contribution in [-0.2, 0) is 0 Å². The lowest BCUT2D eigenvalue weighted by Gasteiger charge is -2.35. The summed E-state index contributed by atoms with van der Waals surface area (Å²) in [4.78, 5) is 0. The van der Waals surface area contributed by atoms with Gasteiger partial charge >= 0.3 is 0 Å². The smallest absolute Gasteiger partial charge is 0.176 e. The zero-order valence-corrected chi connectivity index (χ0v) is 13.1. The Morgan fingerprint density at radius 3 is 2.30 bits per heavy atom. The van der Waals surface area contributed by atoms with E-state index in [-0.39, 0.29) is 5.92 Å². The van der Waals surface area contributed by atoms with Crippen LogP contribution >= 0.6 is 0 Å². The summed E-state index contributed by atoms with van der Waals surface area (Å²) in [5.74, 6) is -0.209. The second kappa shape index (κ2) is 4.87. The van der Waals surface area contributed by atoms with Crippen LogP contribution in [0.5, 0.6) is 0 Å². The van der Waals surface area contributed by atoms with E-state index in [9.17, 15) is 0 Å². The monoisotopic (exact) mass is 268 g/mol. The third kappa shape index (κ3) is 2.46. The van der Waals surface area contributed by atoms with E-state index in [1.54, 1.807) is 6.08 Å². The van der Waals surface area contributed by atoms with Crippen LogP contribution in [0.3, 0.4) is 0 Å². The van der Waals surface area contributed by atoms with Gasteiger partial charge in [-0.2, -0.15) is 0 Å². The van der Waals surface area contributed by atoms with E-state index in [1.165, 1.54) is 18.1 Å². The highest BCUT2D eigenvalue weighted by molar-refractivity contribution is 6.69. The Kier molecular flexibility index (Phi) is 3.66. The molecule has 0 saturated carbocycles. The van der Waals surface area contributed by atoms with E-state index in [0.717, 1.165) is 0 Å². The van der Waals surface area contributed by atoms with Gasteiger partial charge < -0.3 is 10.8 Å². The molecule has 0 aromatic carbocycles. The lowest BCUT2D eigenvalue weighted by Crippen LogP contribution is -2.24. The molecule has 0 aromatic rings. The summed E-state index contributed by atoms with van der Waals surface area (Å²) in [5.41, 5.74) is 2.89. The average Bonchev–Trinajstić information content (AvgIpc) is 2.58. The van der Waals surface area contributed by atoms with Gasteiger partial charge in [0.05, 0.1) is 5.92 Å². The van der Waals surface area contributed by atoms with Crippen molar-refractivity contribution in [2.75, 3.05) is 0 Å². The first-order chi connectivity index (χ1) is 9.18. The largest absolute Gasteiger partial charge is 0.304 e. The van der Waals surface area contributed by atoms with E-state index in [1.807, 2.05) is 6.08 Å². The molecule has 1 saturated heterocycles. The SMILES string of the molecule is C=CC(=N)C1C=C(B2CC(C)(C)C(C)(C)C2)C=CC1=N. The summed E-state index contributed by atoms with van der Waals surface area (Å²) in [6.45, 7) is 13.6. The third-order valence-corrected chi connectivity index (χ3v) is 5.52. The molecule has 1 fully saturated rings. The Balaban J connectivity index is 2.26. The summed E-state index contributed by atoms with van der Waals surface area (Å²) in [5, 5.41) is 15.9. The fraction of sp³-hybridized carbons (Fsp3) is 0.529. The van der Waals surface area contributed by atoms with Crippen molar-refractivity contribution in [3.63, 3.8) is 0 Å². The van der Waals surface area contributed by atoms with Gasteiger partial charge in [0.15, 0.2) is 6.71 Å². The molecule has 1 aliphatic carbocycles. The topological polar surface area (TPSA) is 47.7 Å². The molecule has 0 aromatic heterocycles. The highest BCUT2D eigenvalue weighted by atomic mass is 14.5.